The summed E-state index contributed by atoms with van der Waals surface area (Å²) in [5.74, 6) is 1.48. The third-order valence-corrected chi connectivity index (χ3v) is 5.03. The average Bonchev–Trinajstić information content (AvgIpc) is 3.17. The van der Waals surface area contributed by atoms with Crippen molar-refractivity contribution in [2.75, 3.05) is 26.7 Å². The summed E-state index contributed by atoms with van der Waals surface area (Å²) in [6.07, 6.45) is 4.22. The number of guanidine groups is 1. The summed E-state index contributed by atoms with van der Waals surface area (Å²) in [5, 5.41) is 6.86. The lowest BCUT2D eigenvalue weighted by atomic mass is 10.2. The van der Waals surface area contributed by atoms with Crippen LogP contribution in [0.1, 0.15) is 30.9 Å². The van der Waals surface area contributed by atoms with Gasteiger partial charge in [0, 0.05) is 44.5 Å². The van der Waals surface area contributed by atoms with Crippen LogP contribution in [0.25, 0.3) is 0 Å². The number of hydrogen-bond acceptors (Lipinski definition) is 4. The molecule has 0 radical (unpaired) electrons. The molecule has 0 bridgehead atoms. The van der Waals surface area contributed by atoms with Gasteiger partial charge in [0.05, 0.1) is 6.61 Å². The van der Waals surface area contributed by atoms with E-state index >= 15 is 0 Å². The Morgan fingerprint density at radius 3 is 2.86 bits per heavy atom. The molecule has 2 aromatic rings. The number of pyridine rings is 1. The minimum Gasteiger partial charge on any atom is -0.478 e. The fourth-order valence-corrected chi connectivity index (χ4v) is 3.59. The van der Waals surface area contributed by atoms with Crippen LogP contribution in [0.5, 0.6) is 5.88 Å². The number of ether oxygens (including phenoxy) is 1. The molecular formula is C22H31N5O. The quantitative estimate of drug-likeness (QED) is 0.544. The number of rotatable bonds is 8. The smallest absolute Gasteiger partial charge is 0.218 e. The Morgan fingerprint density at radius 2 is 2.07 bits per heavy atom. The molecular weight excluding hydrogens is 350 g/mol. The van der Waals surface area contributed by atoms with E-state index in [0.29, 0.717) is 25.1 Å². The largest absolute Gasteiger partial charge is 0.478 e. The highest BCUT2D eigenvalue weighted by Crippen LogP contribution is 2.19. The molecule has 2 N–H and O–H groups in total. The van der Waals surface area contributed by atoms with Crippen molar-refractivity contribution in [2.45, 2.75) is 38.9 Å². The van der Waals surface area contributed by atoms with Gasteiger partial charge in [-0.2, -0.15) is 0 Å². The van der Waals surface area contributed by atoms with E-state index in [2.05, 4.69) is 55.8 Å². The molecule has 0 spiro atoms. The van der Waals surface area contributed by atoms with Crippen molar-refractivity contribution in [3.8, 4) is 5.88 Å². The van der Waals surface area contributed by atoms with Gasteiger partial charge in [-0.25, -0.2) is 4.98 Å². The number of aliphatic imine (C=N–C) groups is 1. The van der Waals surface area contributed by atoms with E-state index < -0.39 is 0 Å². The minimum absolute atomic E-state index is 0.524. The fraction of sp³-hybridized carbons (Fsp3) is 0.455. The van der Waals surface area contributed by atoms with Gasteiger partial charge in [-0.05, 0) is 37.9 Å². The van der Waals surface area contributed by atoms with Crippen molar-refractivity contribution in [3.63, 3.8) is 0 Å². The summed E-state index contributed by atoms with van der Waals surface area (Å²) in [5.41, 5.74) is 2.40. The standard InChI is InChI=1S/C22H31N5O/c1-3-28-21-19(11-7-13-24-21)15-25-22(23-2)26-16-20-12-8-14-27(20)17-18-9-5-4-6-10-18/h4-7,9-11,13,20H,3,8,12,14-17H2,1-2H3,(H2,23,25,26). The molecule has 28 heavy (non-hydrogen) atoms. The second-order valence-corrected chi connectivity index (χ2v) is 6.96. The second-order valence-electron chi connectivity index (χ2n) is 6.96. The van der Waals surface area contributed by atoms with Crippen molar-refractivity contribution in [3.05, 3.63) is 59.8 Å². The average molecular weight is 382 g/mol. The predicted octanol–water partition coefficient (Wildman–Crippen LogP) is 2.81. The van der Waals surface area contributed by atoms with Crippen LogP contribution in [-0.2, 0) is 13.1 Å². The van der Waals surface area contributed by atoms with Crippen molar-refractivity contribution in [1.82, 2.24) is 20.5 Å². The maximum atomic E-state index is 5.60. The predicted molar refractivity (Wildman–Crippen MR) is 113 cm³/mol. The highest BCUT2D eigenvalue weighted by Gasteiger charge is 2.24. The first-order valence-electron chi connectivity index (χ1n) is 10.1. The van der Waals surface area contributed by atoms with E-state index in [1.165, 1.54) is 18.4 Å². The normalized spacial score (nSPS) is 17.5. The SMILES string of the molecule is CCOc1ncccc1CNC(=NC)NCC1CCCN1Cc1ccccc1. The fourth-order valence-electron chi connectivity index (χ4n) is 3.59. The number of nitrogens with one attached hydrogen (secondary N) is 2. The number of aromatic nitrogens is 1. The first-order chi connectivity index (χ1) is 13.8. The van der Waals surface area contributed by atoms with Gasteiger partial charge in [0.1, 0.15) is 0 Å². The lowest BCUT2D eigenvalue weighted by Gasteiger charge is -2.25. The molecule has 1 aliphatic rings. The van der Waals surface area contributed by atoms with Crippen LogP contribution in [-0.4, -0.2) is 48.6 Å². The molecule has 150 valence electrons. The number of hydrogen-bond donors (Lipinski definition) is 2. The molecule has 2 heterocycles. The number of benzene rings is 1. The third-order valence-electron chi connectivity index (χ3n) is 5.03. The topological polar surface area (TPSA) is 61.8 Å². The van der Waals surface area contributed by atoms with Crippen LogP contribution >= 0.6 is 0 Å². The van der Waals surface area contributed by atoms with Crippen molar-refractivity contribution >= 4 is 5.96 Å². The Labute approximate surface area is 168 Å². The van der Waals surface area contributed by atoms with E-state index in [4.69, 9.17) is 4.74 Å². The third kappa shape index (κ3) is 5.70. The summed E-state index contributed by atoms with van der Waals surface area (Å²) in [6, 6.07) is 15.2. The highest BCUT2D eigenvalue weighted by atomic mass is 16.5. The van der Waals surface area contributed by atoms with Gasteiger partial charge in [-0.1, -0.05) is 36.4 Å². The zero-order valence-corrected chi connectivity index (χ0v) is 16.9. The lowest BCUT2D eigenvalue weighted by molar-refractivity contribution is 0.245. The molecule has 3 rings (SSSR count). The molecule has 1 saturated heterocycles. The van der Waals surface area contributed by atoms with Crippen LogP contribution in [0, 0.1) is 0 Å². The van der Waals surface area contributed by atoms with E-state index in [1.54, 1.807) is 13.2 Å². The highest BCUT2D eigenvalue weighted by molar-refractivity contribution is 5.79. The van der Waals surface area contributed by atoms with Crippen molar-refractivity contribution < 1.29 is 4.74 Å². The summed E-state index contributed by atoms with van der Waals surface area (Å²) in [7, 11) is 1.80. The maximum absolute atomic E-state index is 5.60. The molecule has 1 aromatic carbocycles. The molecule has 1 aliphatic heterocycles. The summed E-state index contributed by atoms with van der Waals surface area (Å²) < 4.78 is 5.60. The second kappa shape index (κ2) is 10.7. The Hall–Kier alpha value is -2.60. The number of nitrogens with zero attached hydrogens (tertiary/aromatic N) is 3. The van der Waals surface area contributed by atoms with Crippen molar-refractivity contribution in [2.24, 2.45) is 4.99 Å². The van der Waals surface area contributed by atoms with E-state index in [-0.39, 0.29) is 0 Å². The Kier molecular flexibility index (Phi) is 7.67. The molecule has 0 amide bonds. The zero-order valence-electron chi connectivity index (χ0n) is 16.9. The van der Waals surface area contributed by atoms with Gasteiger partial charge in [-0.15, -0.1) is 0 Å². The molecule has 1 atom stereocenters. The van der Waals surface area contributed by atoms with Gasteiger partial charge in [-0.3, -0.25) is 9.89 Å². The molecule has 0 aliphatic carbocycles. The minimum atomic E-state index is 0.524. The van der Waals surface area contributed by atoms with Crippen LogP contribution in [0.2, 0.25) is 0 Å². The maximum Gasteiger partial charge on any atom is 0.218 e. The Balaban J connectivity index is 1.50. The van der Waals surface area contributed by atoms with Crippen molar-refractivity contribution in [1.29, 1.82) is 0 Å². The Morgan fingerprint density at radius 1 is 1.21 bits per heavy atom. The van der Waals surface area contributed by atoms with Gasteiger partial charge in [0.15, 0.2) is 5.96 Å². The van der Waals surface area contributed by atoms with Gasteiger partial charge in [0.25, 0.3) is 0 Å². The first kappa shape index (κ1) is 20.1. The van der Waals surface area contributed by atoms with E-state index in [1.807, 2.05) is 19.1 Å². The van der Waals surface area contributed by atoms with E-state index in [0.717, 1.165) is 31.2 Å². The molecule has 0 saturated carbocycles. The lowest BCUT2D eigenvalue weighted by Crippen LogP contribution is -2.44. The molecule has 1 aromatic heterocycles. The zero-order chi connectivity index (χ0) is 19.6. The van der Waals surface area contributed by atoms with Crippen LogP contribution in [0.3, 0.4) is 0 Å². The number of likely N-dealkylation sites (tertiary alicyclic amines) is 1. The monoisotopic (exact) mass is 381 g/mol. The Bertz CT molecular complexity index is 750. The van der Waals surface area contributed by atoms with Crippen LogP contribution in [0.15, 0.2) is 53.7 Å². The van der Waals surface area contributed by atoms with Gasteiger partial charge >= 0.3 is 0 Å². The van der Waals surface area contributed by atoms with Gasteiger partial charge in [0.2, 0.25) is 5.88 Å². The summed E-state index contributed by atoms with van der Waals surface area (Å²) >= 11 is 0. The van der Waals surface area contributed by atoms with Gasteiger partial charge < -0.3 is 15.4 Å². The van der Waals surface area contributed by atoms with E-state index in [9.17, 15) is 0 Å². The molecule has 6 heteroatoms. The first-order valence-corrected chi connectivity index (χ1v) is 10.1. The van der Waals surface area contributed by atoms with Crippen LogP contribution in [0.4, 0.5) is 0 Å². The molecule has 1 unspecified atom stereocenters. The van der Waals surface area contributed by atoms with Crippen LogP contribution < -0.4 is 15.4 Å². The molecule has 6 nitrogen and oxygen atoms in total. The summed E-state index contributed by atoms with van der Waals surface area (Å²) in [6.45, 7) is 6.25. The summed E-state index contributed by atoms with van der Waals surface area (Å²) in [4.78, 5) is 11.2. The molecule has 1 fully saturated rings.